The normalized spacial score (nSPS) is 11.8. The number of allylic oxidation sites excluding steroid dienone is 4. The lowest BCUT2D eigenvalue weighted by molar-refractivity contribution is -0.137. The van der Waals surface area contributed by atoms with E-state index in [1.54, 1.807) is 0 Å². The molecule has 0 unspecified atom stereocenters. The molecule has 0 aromatic rings. The minimum Gasteiger partial charge on any atom is -0.481 e. The Morgan fingerprint density at radius 1 is 0.533 bits per heavy atom. The van der Waals surface area contributed by atoms with E-state index in [4.69, 9.17) is 5.11 Å². The summed E-state index contributed by atoms with van der Waals surface area (Å²) in [5.74, 6) is -0.652. The van der Waals surface area contributed by atoms with Crippen LogP contribution in [-0.2, 0) is 4.79 Å². The molecule has 0 spiro atoms. The zero-order valence-corrected chi connectivity index (χ0v) is 20.2. The number of aliphatic carboxylic acids is 1. The maximum atomic E-state index is 10.4. The summed E-state index contributed by atoms with van der Waals surface area (Å²) < 4.78 is 0. The van der Waals surface area contributed by atoms with Crippen molar-refractivity contribution in [1.29, 1.82) is 0 Å². The number of unbranched alkanes of at least 4 members (excludes halogenated alkanes) is 19. The number of carbonyl (C=O) groups is 1. The van der Waals surface area contributed by atoms with E-state index in [1.807, 2.05) is 0 Å². The number of carboxylic acid groups (broad SMARTS) is 1. The fraction of sp³-hybridized carbons (Fsp3) is 0.821. The van der Waals surface area contributed by atoms with E-state index in [-0.39, 0.29) is 0 Å². The molecule has 0 saturated heterocycles. The van der Waals surface area contributed by atoms with Crippen molar-refractivity contribution < 1.29 is 9.90 Å². The predicted octanol–water partition coefficient (Wildman–Crippen LogP) is 9.79. The molecule has 0 rings (SSSR count). The van der Waals surface area contributed by atoms with Gasteiger partial charge in [-0.15, -0.1) is 0 Å². The Hall–Kier alpha value is -1.05. The molecular weight excluding hydrogens is 368 g/mol. The van der Waals surface area contributed by atoms with Gasteiger partial charge in [-0.2, -0.15) is 0 Å². The molecule has 0 aromatic heterocycles. The number of hydrogen-bond acceptors (Lipinski definition) is 1. The summed E-state index contributed by atoms with van der Waals surface area (Å²) in [7, 11) is 0. The first-order chi connectivity index (χ1) is 14.8. The summed E-state index contributed by atoms with van der Waals surface area (Å²) in [5, 5.41) is 8.59. The Labute approximate surface area is 188 Å². The van der Waals surface area contributed by atoms with Crippen molar-refractivity contribution in [3.8, 4) is 0 Å². The SMILES string of the molecule is CC=CCC=CCCCCCCCCCCCCCCCCCCCCCC(=O)O. The van der Waals surface area contributed by atoms with Crippen LogP contribution in [0.3, 0.4) is 0 Å². The van der Waals surface area contributed by atoms with Gasteiger partial charge in [0.1, 0.15) is 0 Å². The van der Waals surface area contributed by atoms with Gasteiger partial charge in [0, 0.05) is 6.42 Å². The lowest BCUT2D eigenvalue weighted by Crippen LogP contribution is -1.93. The number of carboxylic acids is 1. The monoisotopic (exact) mass is 420 g/mol. The molecule has 0 fully saturated rings. The fourth-order valence-electron chi connectivity index (χ4n) is 3.97. The van der Waals surface area contributed by atoms with Crippen LogP contribution in [0.2, 0.25) is 0 Å². The quantitative estimate of drug-likeness (QED) is 0.125. The highest BCUT2D eigenvalue weighted by Gasteiger charge is 1.97. The van der Waals surface area contributed by atoms with Gasteiger partial charge < -0.3 is 5.11 Å². The van der Waals surface area contributed by atoms with Crippen LogP contribution in [0.15, 0.2) is 24.3 Å². The third kappa shape index (κ3) is 27.0. The molecule has 0 bridgehead atoms. The Morgan fingerprint density at radius 3 is 1.27 bits per heavy atom. The van der Waals surface area contributed by atoms with E-state index in [0.29, 0.717) is 6.42 Å². The van der Waals surface area contributed by atoms with Crippen molar-refractivity contribution in [1.82, 2.24) is 0 Å². The molecule has 30 heavy (non-hydrogen) atoms. The van der Waals surface area contributed by atoms with Crippen molar-refractivity contribution in [2.45, 2.75) is 148 Å². The van der Waals surface area contributed by atoms with Crippen LogP contribution in [0.5, 0.6) is 0 Å². The summed E-state index contributed by atoms with van der Waals surface area (Å²) in [5.41, 5.74) is 0. The summed E-state index contributed by atoms with van der Waals surface area (Å²) >= 11 is 0. The topological polar surface area (TPSA) is 37.3 Å². The maximum Gasteiger partial charge on any atom is 0.303 e. The Balaban J connectivity index is 3.05. The van der Waals surface area contributed by atoms with Crippen molar-refractivity contribution in [2.24, 2.45) is 0 Å². The molecule has 0 aliphatic heterocycles. The highest BCUT2D eigenvalue weighted by molar-refractivity contribution is 5.66. The van der Waals surface area contributed by atoms with Crippen LogP contribution in [-0.4, -0.2) is 11.1 Å². The van der Waals surface area contributed by atoms with Gasteiger partial charge in [-0.05, 0) is 32.6 Å². The Kier molecular flexibility index (Phi) is 25.1. The molecule has 0 atom stereocenters. The fourth-order valence-corrected chi connectivity index (χ4v) is 3.97. The van der Waals surface area contributed by atoms with Crippen LogP contribution in [0.4, 0.5) is 0 Å². The van der Waals surface area contributed by atoms with Crippen LogP contribution < -0.4 is 0 Å². The summed E-state index contributed by atoms with van der Waals surface area (Å²) in [4.78, 5) is 10.4. The standard InChI is InChI=1S/C28H52O2/c1-2-3-4-5-6-7-8-9-10-11-12-13-14-15-16-17-18-19-20-21-22-23-24-25-26-27-28(29)30/h2-3,5-6H,4,7-27H2,1H3,(H,29,30). The van der Waals surface area contributed by atoms with Crippen LogP contribution in [0.25, 0.3) is 0 Å². The minimum absolute atomic E-state index is 0.343. The lowest BCUT2D eigenvalue weighted by atomic mass is 10.0. The van der Waals surface area contributed by atoms with E-state index in [1.165, 1.54) is 116 Å². The molecule has 0 aromatic carbocycles. The predicted molar refractivity (Wildman–Crippen MR) is 133 cm³/mol. The molecule has 0 aliphatic rings. The van der Waals surface area contributed by atoms with Crippen molar-refractivity contribution in [3.05, 3.63) is 24.3 Å². The average Bonchev–Trinajstić information content (AvgIpc) is 2.73. The highest BCUT2D eigenvalue weighted by Crippen LogP contribution is 2.15. The first kappa shape index (κ1) is 28.9. The van der Waals surface area contributed by atoms with Crippen molar-refractivity contribution >= 4 is 5.97 Å². The molecule has 2 heteroatoms. The zero-order valence-electron chi connectivity index (χ0n) is 20.2. The molecule has 176 valence electrons. The second kappa shape index (κ2) is 26.0. The highest BCUT2D eigenvalue weighted by atomic mass is 16.4. The summed E-state index contributed by atoms with van der Waals surface area (Å²) in [6.07, 6.45) is 37.2. The molecule has 0 aliphatic carbocycles. The average molecular weight is 421 g/mol. The van der Waals surface area contributed by atoms with E-state index in [2.05, 4.69) is 31.2 Å². The largest absolute Gasteiger partial charge is 0.481 e. The molecule has 0 saturated carbocycles. The number of hydrogen-bond donors (Lipinski definition) is 1. The zero-order chi connectivity index (χ0) is 22.0. The van der Waals surface area contributed by atoms with Gasteiger partial charge in [0.25, 0.3) is 0 Å². The lowest BCUT2D eigenvalue weighted by Gasteiger charge is -2.04. The second-order valence-corrected chi connectivity index (χ2v) is 8.93. The first-order valence-corrected chi connectivity index (χ1v) is 13.3. The van der Waals surface area contributed by atoms with E-state index < -0.39 is 5.97 Å². The Morgan fingerprint density at radius 2 is 0.900 bits per heavy atom. The van der Waals surface area contributed by atoms with E-state index in [9.17, 15) is 4.79 Å². The number of rotatable bonds is 24. The van der Waals surface area contributed by atoms with Gasteiger partial charge >= 0.3 is 5.97 Å². The molecule has 0 radical (unpaired) electrons. The van der Waals surface area contributed by atoms with E-state index in [0.717, 1.165) is 19.3 Å². The maximum absolute atomic E-state index is 10.4. The molecular formula is C28H52O2. The molecule has 2 nitrogen and oxygen atoms in total. The second-order valence-electron chi connectivity index (χ2n) is 8.93. The third-order valence-corrected chi connectivity index (χ3v) is 5.94. The Bertz CT molecular complexity index is 397. The van der Waals surface area contributed by atoms with Gasteiger partial charge in [0.15, 0.2) is 0 Å². The van der Waals surface area contributed by atoms with Crippen molar-refractivity contribution in [2.75, 3.05) is 0 Å². The van der Waals surface area contributed by atoms with Crippen LogP contribution in [0.1, 0.15) is 148 Å². The van der Waals surface area contributed by atoms with Gasteiger partial charge in [-0.3, -0.25) is 4.79 Å². The van der Waals surface area contributed by atoms with Crippen molar-refractivity contribution in [3.63, 3.8) is 0 Å². The van der Waals surface area contributed by atoms with E-state index >= 15 is 0 Å². The molecule has 0 amide bonds. The van der Waals surface area contributed by atoms with Gasteiger partial charge in [0.05, 0.1) is 0 Å². The minimum atomic E-state index is -0.652. The van der Waals surface area contributed by atoms with Crippen LogP contribution >= 0.6 is 0 Å². The summed E-state index contributed by atoms with van der Waals surface area (Å²) in [6, 6.07) is 0. The van der Waals surface area contributed by atoms with Gasteiger partial charge in [-0.1, -0.05) is 133 Å². The summed E-state index contributed by atoms with van der Waals surface area (Å²) in [6.45, 7) is 2.08. The third-order valence-electron chi connectivity index (χ3n) is 5.94. The smallest absolute Gasteiger partial charge is 0.303 e. The van der Waals surface area contributed by atoms with Gasteiger partial charge in [-0.25, -0.2) is 0 Å². The van der Waals surface area contributed by atoms with Gasteiger partial charge in [0.2, 0.25) is 0 Å². The van der Waals surface area contributed by atoms with Crippen LogP contribution in [0, 0.1) is 0 Å². The molecule has 0 heterocycles. The molecule has 1 N–H and O–H groups in total. The first-order valence-electron chi connectivity index (χ1n) is 13.3.